The van der Waals surface area contributed by atoms with Crippen molar-refractivity contribution in [1.29, 1.82) is 5.26 Å². The van der Waals surface area contributed by atoms with Gasteiger partial charge in [-0.25, -0.2) is 0 Å². The Kier molecular flexibility index (Phi) is 5.60. The molecule has 5 rings (SSSR count). The van der Waals surface area contributed by atoms with Gasteiger partial charge < -0.3 is 5.32 Å². The lowest BCUT2D eigenvalue weighted by Gasteiger charge is -2.57. The van der Waals surface area contributed by atoms with Crippen molar-refractivity contribution in [2.45, 2.75) is 55.8 Å². The van der Waals surface area contributed by atoms with Crippen LogP contribution in [0.3, 0.4) is 0 Å². The predicted octanol–water partition coefficient (Wildman–Crippen LogP) is 3.76. The van der Waals surface area contributed by atoms with E-state index in [-0.39, 0.29) is 5.54 Å². The van der Waals surface area contributed by atoms with Crippen molar-refractivity contribution in [3.8, 4) is 6.07 Å². The molecule has 30 heavy (non-hydrogen) atoms. The molecule has 0 unspecified atom stereocenters. The summed E-state index contributed by atoms with van der Waals surface area (Å²) in [5, 5.41) is 13.4. The smallest absolute Gasteiger partial charge is 0.0642 e. The molecule has 0 bridgehead atoms. The maximum Gasteiger partial charge on any atom is 0.0642 e. The lowest BCUT2D eigenvalue weighted by molar-refractivity contribution is -0.0674. The quantitative estimate of drug-likeness (QED) is 0.768. The Morgan fingerprint density at radius 2 is 1.63 bits per heavy atom. The second-order valence-corrected chi connectivity index (χ2v) is 9.48. The molecule has 0 amide bonds. The van der Waals surface area contributed by atoms with Gasteiger partial charge in [-0.1, -0.05) is 60.7 Å². The van der Waals surface area contributed by atoms with E-state index < -0.39 is 0 Å². The van der Waals surface area contributed by atoms with Crippen molar-refractivity contribution in [3.05, 3.63) is 71.8 Å². The second kappa shape index (κ2) is 8.51. The zero-order chi connectivity index (χ0) is 20.4. The molecule has 2 aromatic rings. The SMILES string of the molecule is N#CCC1(N2CCC(N[C@@H]3C[C@H]3c3ccccc3)CC2)CN(Cc2ccccc2)C1. The maximum atomic E-state index is 9.48. The average molecular weight is 401 g/mol. The summed E-state index contributed by atoms with van der Waals surface area (Å²) in [6.07, 6.45) is 4.32. The zero-order valence-corrected chi connectivity index (χ0v) is 17.7. The topological polar surface area (TPSA) is 42.3 Å². The molecular weight excluding hydrogens is 368 g/mol. The normalized spacial score (nSPS) is 26.6. The Labute approximate surface area is 180 Å². The first-order valence-corrected chi connectivity index (χ1v) is 11.4. The van der Waals surface area contributed by atoms with Crippen molar-refractivity contribution >= 4 is 0 Å². The Morgan fingerprint density at radius 1 is 0.967 bits per heavy atom. The molecule has 156 valence electrons. The third-order valence-electron chi connectivity index (χ3n) is 7.33. The van der Waals surface area contributed by atoms with Gasteiger partial charge in [0.15, 0.2) is 0 Å². The molecule has 2 saturated heterocycles. The maximum absolute atomic E-state index is 9.48. The number of nitrogens with zero attached hydrogens (tertiary/aromatic N) is 3. The van der Waals surface area contributed by atoms with E-state index in [2.05, 4.69) is 81.8 Å². The fraction of sp³-hybridized carbons (Fsp3) is 0.500. The van der Waals surface area contributed by atoms with Crippen LogP contribution in [0.5, 0.6) is 0 Å². The van der Waals surface area contributed by atoms with E-state index in [0.29, 0.717) is 24.4 Å². The van der Waals surface area contributed by atoms with Gasteiger partial charge in [0.25, 0.3) is 0 Å². The molecule has 1 aliphatic carbocycles. The summed E-state index contributed by atoms with van der Waals surface area (Å²) in [6, 6.07) is 25.4. The highest BCUT2D eigenvalue weighted by Crippen LogP contribution is 2.42. The number of piperidine rings is 1. The molecular formula is C26H32N4. The van der Waals surface area contributed by atoms with E-state index in [9.17, 15) is 5.26 Å². The second-order valence-electron chi connectivity index (χ2n) is 9.48. The molecule has 2 aliphatic heterocycles. The van der Waals surface area contributed by atoms with Gasteiger partial charge in [0.2, 0.25) is 0 Å². The fourth-order valence-corrected chi connectivity index (χ4v) is 5.58. The standard InChI is InChI=1S/C26H32N4/c27-14-13-26(19-29(20-26)18-21-7-3-1-4-8-21)30-15-11-23(12-16-30)28-25-17-24(25)22-9-5-2-6-10-22/h1-10,23-25,28H,11-13,15-20H2/t24-,25+/m0/s1. The molecule has 3 aliphatic rings. The number of likely N-dealkylation sites (tertiary alicyclic amines) is 2. The van der Waals surface area contributed by atoms with E-state index in [1.54, 1.807) is 0 Å². The molecule has 3 fully saturated rings. The van der Waals surface area contributed by atoms with Gasteiger partial charge in [0.05, 0.1) is 18.0 Å². The third kappa shape index (κ3) is 4.16. The summed E-state index contributed by atoms with van der Waals surface area (Å²) in [4.78, 5) is 5.11. The van der Waals surface area contributed by atoms with E-state index in [1.807, 2.05) is 0 Å². The van der Waals surface area contributed by atoms with Gasteiger partial charge in [0.1, 0.15) is 0 Å². The van der Waals surface area contributed by atoms with Crippen LogP contribution in [0.15, 0.2) is 60.7 Å². The molecule has 2 aromatic carbocycles. The molecule has 0 radical (unpaired) electrons. The van der Waals surface area contributed by atoms with Crippen molar-refractivity contribution in [3.63, 3.8) is 0 Å². The molecule has 4 heteroatoms. The first-order chi connectivity index (χ1) is 14.8. The Hall–Kier alpha value is -2.19. The van der Waals surface area contributed by atoms with E-state index >= 15 is 0 Å². The Morgan fingerprint density at radius 3 is 2.30 bits per heavy atom. The van der Waals surface area contributed by atoms with E-state index in [0.717, 1.165) is 32.7 Å². The Balaban J connectivity index is 1.11. The van der Waals surface area contributed by atoms with Gasteiger partial charge in [-0.15, -0.1) is 0 Å². The van der Waals surface area contributed by atoms with Crippen LogP contribution in [0.1, 0.15) is 42.7 Å². The first kappa shape index (κ1) is 19.8. The van der Waals surface area contributed by atoms with Gasteiger partial charge in [-0.05, 0) is 30.4 Å². The number of rotatable bonds is 7. The molecule has 1 N–H and O–H groups in total. The average Bonchev–Trinajstić information content (AvgIpc) is 3.53. The van der Waals surface area contributed by atoms with Crippen LogP contribution in [0.4, 0.5) is 0 Å². The predicted molar refractivity (Wildman–Crippen MR) is 120 cm³/mol. The van der Waals surface area contributed by atoms with Crippen LogP contribution in [-0.2, 0) is 6.54 Å². The van der Waals surface area contributed by atoms with Crippen molar-refractivity contribution in [2.75, 3.05) is 26.2 Å². The minimum atomic E-state index is 0.0701. The van der Waals surface area contributed by atoms with Crippen LogP contribution in [0.2, 0.25) is 0 Å². The van der Waals surface area contributed by atoms with Gasteiger partial charge in [-0.2, -0.15) is 5.26 Å². The zero-order valence-electron chi connectivity index (χ0n) is 17.7. The van der Waals surface area contributed by atoms with Crippen LogP contribution < -0.4 is 5.32 Å². The van der Waals surface area contributed by atoms with Crippen molar-refractivity contribution in [1.82, 2.24) is 15.1 Å². The highest BCUT2D eigenvalue weighted by molar-refractivity contribution is 5.28. The molecule has 0 spiro atoms. The highest BCUT2D eigenvalue weighted by atomic mass is 15.4. The summed E-state index contributed by atoms with van der Waals surface area (Å²) >= 11 is 0. The van der Waals surface area contributed by atoms with Crippen LogP contribution >= 0.6 is 0 Å². The first-order valence-electron chi connectivity index (χ1n) is 11.4. The number of nitrogens with one attached hydrogen (secondary N) is 1. The molecule has 2 heterocycles. The molecule has 2 atom stereocenters. The number of hydrogen-bond acceptors (Lipinski definition) is 4. The summed E-state index contributed by atoms with van der Waals surface area (Å²) in [7, 11) is 0. The fourth-order valence-electron chi connectivity index (χ4n) is 5.58. The monoisotopic (exact) mass is 400 g/mol. The van der Waals surface area contributed by atoms with Crippen molar-refractivity contribution in [2.24, 2.45) is 0 Å². The van der Waals surface area contributed by atoms with Gasteiger partial charge in [-0.3, -0.25) is 9.80 Å². The Bertz CT molecular complexity index is 861. The van der Waals surface area contributed by atoms with Gasteiger partial charge in [0, 0.05) is 50.7 Å². The third-order valence-corrected chi connectivity index (χ3v) is 7.33. The van der Waals surface area contributed by atoms with E-state index in [4.69, 9.17) is 0 Å². The summed E-state index contributed by atoms with van der Waals surface area (Å²) in [6.45, 7) is 5.26. The van der Waals surface area contributed by atoms with Crippen molar-refractivity contribution < 1.29 is 0 Å². The lowest BCUT2D eigenvalue weighted by atomic mass is 9.82. The van der Waals surface area contributed by atoms with E-state index in [1.165, 1.54) is 30.4 Å². The summed E-state index contributed by atoms with van der Waals surface area (Å²) < 4.78 is 0. The van der Waals surface area contributed by atoms with Crippen LogP contribution in [0.25, 0.3) is 0 Å². The van der Waals surface area contributed by atoms with Gasteiger partial charge >= 0.3 is 0 Å². The van der Waals surface area contributed by atoms with Crippen LogP contribution in [0, 0.1) is 11.3 Å². The molecule has 1 saturated carbocycles. The molecule has 4 nitrogen and oxygen atoms in total. The number of hydrogen-bond donors (Lipinski definition) is 1. The minimum absolute atomic E-state index is 0.0701. The summed E-state index contributed by atoms with van der Waals surface area (Å²) in [5.74, 6) is 0.701. The minimum Gasteiger partial charge on any atom is -0.311 e. The van der Waals surface area contributed by atoms with Crippen LogP contribution in [-0.4, -0.2) is 53.6 Å². The lowest BCUT2D eigenvalue weighted by Crippen LogP contribution is -2.71. The largest absolute Gasteiger partial charge is 0.311 e. The summed E-state index contributed by atoms with van der Waals surface area (Å²) in [5.41, 5.74) is 2.91. The molecule has 0 aromatic heterocycles. The highest BCUT2D eigenvalue weighted by Gasteiger charge is 2.48. The number of nitriles is 1. The number of benzene rings is 2.